The fraction of sp³-hybridized carbons (Fsp3) is 0.0833. The highest BCUT2D eigenvalue weighted by atomic mass is 16.5. The first-order chi connectivity index (χ1) is 15.1. The predicted molar refractivity (Wildman–Crippen MR) is 118 cm³/mol. The van der Waals surface area contributed by atoms with Crippen LogP contribution < -0.4 is 15.5 Å². The molecule has 0 bridgehead atoms. The lowest BCUT2D eigenvalue weighted by molar-refractivity contribution is -0.115. The van der Waals surface area contributed by atoms with E-state index in [0.717, 1.165) is 33.3 Å². The van der Waals surface area contributed by atoms with Gasteiger partial charge in [0, 0.05) is 33.9 Å². The molecule has 0 aliphatic heterocycles. The summed E-state index contributed by atoms with van der Waals surface area (Å²) in [5.41, 5.74) is 6.24. The number of aromatic amines is 1. The number of anilines is 1. The quantitative estimate of drug-likeness (QED) is 0.281. The van der Waals surface area contributed by atoms with Crippen molar-refractivity contribution in [2.24, 2.45) is 0 Å². The second kappa shape index (κ2) is 8.73. The number of hydroxylamine groups is 1. The Labute approximate surface area is 178 Å². The van der Waals surface area contributed by atoms with Crippen molar-refractivity contribution in [3.8, 4) is 16.9 Å². The van der Waals surface area contributed by atoms with E-state index < -0.39 is 5.91 Å². The van der Waals surface area contributed by atoms with E-state index in [-0.39, 0.29) is 12.3 Å². The second-order valence-corrected chi connectivity index (χ2v) is 7.02. The van der Waals surface area contributed by atoms with E-state index in [4.69, 9.17) is 9.94 Å². The van der Waals surface area contributed by atoms with Gasteiger partial charge >= 0.3 is 0 Å². The number of para-hydroxylation sites is 1. The monoisotopic (exact) mass is 415 g/mol. The van der Waals surface area contributed by atoms with Gasteiger partial charge in [-0.25, -0.2) is 5.48 Å². The van der Waals surface area contributed by atoms with Gasteiger partial charge in [0.25, 0.3) is 5.91 Å². The Hall–Kier alpha value is -4.10. The highest BCUT2D eigenvalue weighted by molar-refractivity contribution is 5.98. The minimum Gasteiger partial charge on any atom is -0.496 e. The highest BCUT2D eigenvalue weighted by Crippen LogP contribution is 2.32. The number of carbonyl (C=O) groups excluding carboxylic acids is 2. The number of rotatable bonds is 6. The Balaban J connectivity index is 1.54. The molecule has 1 aromatic heterocycles. The summed E-state index contributed by atoms with van der Waals surface area (Å²) in [4.78, 5) is 27.2. The van der Waals surface area contributed by atoms with Crippen LogP contribution in [0.4, 0.5) is 5.69 Å². The Kier molecular flexibility index (Phi) is 5.68. The molecule has 0 spiro atoms. The van der Waals surface area contributed by atoms with Crippen molar-refractivity contribution in [3.05, 3.63) is 84.1 Å². The number of amides is 2. The summed E-state index contributed by atoms with van der Waals surface area (Å²) in [5.74, 6) is 0.000444. The zero-order chi connectivity index (χ0) is 21.8. The second-order valence-electron chi connectivity index (χ2n) is 7.02. The third kappa shape index (κ3) is 4.26. The van der Waals surface area contributed by atoms with Crippen molar-refractivity contribution in [1.29, 1.82) is 0 Å². The van der Waals surface area contributed by atoms with Crippen LogP contribution in [0.25, 0.3) is 22.0 Å². The van der Waals surface area contributed by atoms with Crippen molar-refractivity contribution in [1.82, 2.24) is 10.5 Å². The zero-order valence-electron chi connectivity index (χ0n) is 16.8. The molecule has 156 valence electrons. The first-order valence-electron chi connectivity index (χ1n) is 9.67. The highest BCUT2D eigenvalue weighted by Gasteiger charge is 2.12. The predicted octanol–water partition coefficient (Wildman–Crippen LogP) is 4.14. The van der Waals surface area contributed by atoms with Gasteiger partial charge in [0.15, 0.2) is 0 Å². The Morgan fingerprint density at radius 1 is 1.03 bits per heavy atom. The van der Waals surface area contributed by atoms with Crippen molar-refractivity contribution in [3.63, 3.8) is 0 Å². The van der Waals surface area contributed by atoms with Gasteiger partial charge in [0.1, 0.15) is 5.75 Å². The molecule has 0 radical (unpaired) electrons. The minimum atomic E-state index is -0.609. The van der Waals surface area contributed by atoms with E-state index in [1.807, 2.05) is 42.6 Å². The van der Waals surface area contributed by atoms with E-state index >= 15 is 0 Å². The fourth-order valence-electron chi connectivity index (χ4n) is 3.52. The number of fused-ring (bicyclic) bond motifs is 1. The van der Waals surface area contributed by atoms with E-state index in [1.165, 1.54) is 12.1 Å². The molecular weight excluding hydrogens is 394 g/mol. The van der Waals surface area contributed by atoms with E-state index in [2.05, 4.69) is 16.4 Å². The molecule has 0 unspecified atom stereocenters. The van der Waals surface area contributed by atoms with Gasteiger partial charge in [-0.3, -0.25) is 14.8 Å². The number of carbonyl (C=O) groups is 2. The van der Waals surface area contributed by atoms with Gasteiger partial charge in [0.2, 0.25) is 5.91 Å². The third-order valence-corrected chi connectivity index (χ3v) is 5.07. The van der Waals surface area contributed by atoms with Gasteiger partial charge in [-0.15, -0.1) is 0 Å². The Bertz CT molecular complexity index is 1250. The smallest absolute Gasteiger partial charge is 0.274 e. The van der Waals surface area contributed by atoms with E-state index in [9.17, 15) is 9.59 Å². The lowest BCUT2D eigenvalue weighted by Gasteiger charge is -2.09. The molecule has 4 aromatic rings. The van der Waals surface area contributed by atoms with Crippen LogP contribution in [-0.4, -0.2) is 29.1 Å². The van der Waals surface area contributed by atoms with Crippen LogP contribution >= 0.6 is 0 Å². The Morgan fingerprint density at radius 3 is 2.55 bits per heavy atom. The fourth-order valence-corrected chi connectivity index (χ4v) is 3.52. The molecule has 4 rings (SSSR count). The number of aromatic nitrogens is 1. The maximum Gasteiger partial charge on any atom is 0.274 e. The number of ether oxygens (including phenoxy) is 1. The molecule has 0 fully saturated rings. The minimum absolute atomic E-state index is 0.178. The maximum absolute atomic E-state index is 12.6. The molecule has 0 atom stereocenters. The van der Waals surface area contributed by atoms with Crippen molar-refractivity contribution >= 4 is 28.4 Å². The molecule has 4 N–H and O–H groups in total. The van der Waals surface area contributed by atoms with Gasteiger partial charge in [-0.2, -0.15) is 0 Å². The Morgan fingerprint density at radius 2 is 1.81 bits per heavy atom. The summed E-state index contributed by atoms with van der Waals surface area (Å²) >= 11 is 0. The van der Waals surface area contributed by atoms with Crippen molar-refractivity contribution in [2.45, 2.75) is 6.42 Å². The molecule has 0 saturated carbocycles. The number of H-pyrrole nitrogens is 1. The average Bonchev–Trinajstić information content (AvgIpc) is 3.20. The third-order valence-electron chi connectivity index (χ3n) is 5.07. The average molecular weight is 415 g/mol. The lowest BCUT2D eigenvalue weighted by atomic mass is 10.0. The molecule has 1 heterocycles. The zero-order valence-corrected chi connectivity index (χ0v) is 16.8. The van der Waals surface area contributed by atoms with Crippen molar-refractivity contribution < 1.29 is 19.5 Å². The molecule has 2 amide bonds. The van der Waals surface area contributed by atoms with Gasteiger partial charge in [0.05, 0.1) is 13.5 Å². The van der Waals surface area contributed by atoms with Crippen molar-refractivity contribution in [2.75, 3.05) is 12.4 Å². The molecule has 0 aliphatic rings. The van der Waals surface area contributed by atoms with Crippen LogP contribution in [0.5, 0.6) is 5.75 Å². The molecule has 3 aromatic carbocycles. The summed E-state index contributed by atoms with van der Waals surface area (Å²) in [7, 11) is 1.65. The topological polar surface area (TPSA) is 103 Å². The van der Waals surface area contributed by atoms with Gasteiger partial charge in [-0.05, 0) is 53.6 Å². The van der Waals surface area contributed by atoms with E-state index in [1.54, 1.807) is 24.7 Å². The first-order valence-corrected chi connectivity index (χ1v) is 9.67. The maximum atomic E-state index is 12.6. The summed E-state index contributed by atoms with van der Waals surface area (Å²) in [5, 5.41) is 12.5. The molecule has 0 aliphatic carbocycles. The first kappa shape index (κ1) is 20.2. The number of nitrogens with one attached hydrogen (secondary N) is 3. The lowest BCUT2D eigenvalue weighted by Crippen LogP contribution is -2.18. The van der Waals surface area contributed by atoms with Crippen LogP contribution in [0.2, 0.25) is 0 Å². The molecule has 7 heteroatoms. The van der Waals surface area contributed by atoms with Gasteiger partial charge in [-0.1, -0.05) is 24.3 Å². The molecule has 7 nitrogen and oxygen atoms in total. The van der Waals surface area contributed by atoms with Crippen LogP contribution in [0.3, 0.4) is 0 Å². The van der Waals surface area contributed by atoms with Crippen LogP contribution in [0, 0.1) is 0 Å². The summed E-state index contributed by atoms with van der Waals surface area (Å²) in [6.45, 7) is 0. The standard InChI is InChI=1S/C24H21N3O4/c1-31-22-5-3-2-4-19(22)16-8-11-21-20(12-16)17(14-25-21)13-23(28)26-18-9-6-15(7-10-18)24(29)27-30/h2-12,14,25,30H,13H2,1H3,(H,26,28)(H,27,29). The van der Waals surface area contributed by atoms with Gasteiger partial charge < -0.3 is 15.0 Å². The number of hydrogen-bond donors (Lipinski definition) is 4. The SMILES string of the molecule is COc1ccccc1-c1ccc2[nH]cc(CC(=O)Nc3ccc(C(=O)NO)cc3)c2c1. The summed E-state index contributed by atoms with van der Waals surface area (Å²) in [6, 6.07) is 20.1. The summed E-state index contributed by atoms with van der Waals surface area (Å²) < 4.78 is 5.47. The van der Waals surface area contributed by atoms with Crippen LogP contribution in [-0.2, 0) is 11.2 Å². The molecule has 31 heavy (non-hydrogen) atoms. The van der Waals surface area contributed by atoms with Crippen LogP contribution in [0.15, 0.2) is 72.9 Å². The normalized spacial score (nSPS) is 10.6. The number of hydrogen-bond acceptors (Lipinski definition) is 4. The van der Waals surface area contributed by atoms with E-state index in [0.29, 0.717) is 11.3 Å². The van der Waals surface area contributed by atoms with Crippen LogP contribution in [0.1, 0.15) is 15.9 Å². The molecular formula is C24H21N3O4. The summed E-state index contributed by atoms with van der Waals surface area (Å²) in [6.07, 6.45) is 2.03. The number of methoxy groups -OCH3 is 1. The largest absolute Gasteiger partial charge is 0.496 e. The number of benzene rings is 3. The molecule has 0 saturated heterocycles.